The molecule has 1 aliphatic heterocycles. The average molecular weight is 298 g/mol. The largest absolute Gasteiger partial charge is 0.466 e. The van der Waals surface area contributed by atoms with E-state index in [0.717, 1.165) is 6.42 Å². The molecule has 2 rings (SSSR count). The molecule has 1 amide bonds. The van der Waals surface area contributed by atoms with Crippen LogP contribution in [0, 0.1) is 5.92 Å². The zero-order chi connectivity index (χ0) is 14.5. The first-order chi connectivity index (χ1) is 9.60. The summed E-state index contributed by atoms with van der Waals surface area (Å²) in [6, 6.07) is 0. The quantitative estimate of drug-likeness (QED) is 0.836. The average Bonchev–Trinajstić information content (AvgIpc) is 2.99. The molecule has 20 heavy (non-hydrogen) atoms. The third-order valence-corrected chi connectivity index (χ3v) is 3.87. The highest BCUT2D eigenvalue weighted by Crippen LogP contribution is 2.23. The maximum Gasteiger partial charge on any atom is 0.311 e. The second-order valence-electron chi connectivity index (χ2n) is 4.67. The van der Waals surface area contributed by atoms with Gasteiger partial charge in [-0.3, -0.25) is 14.9 Å². The van der Waals surface area contributed by atoms with Crippen LogP contribution < -0.4 is 5.32 Å². The Hall–Kier alpha value is -1.47. The minimum Gasteiger partial charge on any atom is -0.466 e. The van der Waals surface area contributed by atoms with E-state index in [2.05, 4.69) is 10.3 Å². The Bertz CT molecular complexity index is 488. The first kappa shape index (κ1) is 14.9. The highest BCUT2D eigenvalue weighted by atomic mass is 32.1. The third-order valence-electron chi connectivity index (χ3n) is 3.06. The number of amides is 1. The Balaban J connectivity index is 1.89. The van der Waals surface area contributed by atoms with Gasteiger partial charge in [-0.1, -0.05) is 6.92 Å². The van der Waals surface area contributed by atoms with Gasteiger partial charge in [0.05, 0.1) is 18.7 Å². The van der Waals surface area contributed by atoms with Crippen molar-refractivity contribution >= 4 is 28.3 Å². The number of ether oxygens (including phenoxy) is 2. The van der Waals surface area contributed by atoms with Crippen molar-refractivity contribution in [2.45, 2.75) is 32.8 Å². The Morgan fingerprint density at radius 2 is 2.40 bits per heavy atom. The summed E-state index contributed by atoms with van der Waals surface area (Å²) in [6.07, 6.45) is 0.605. The van der Waals surface area contributed by atoms with E-state index in [1.165, 1.54) is 11.3 Å². The van der Waals surface area contributed by atoms with E-state index < -0.39 is 6.10 Å². The number of hydrogen-bond donors (Lipinski definition) is 1. The lowest BCUT2D eigenvalue weighted by Gasteiger charge is -2.12. The van der Waals surface area contributed by atoms with Gasteiger partial charge in [-0.15, -0.1) is 11.3 Å². The van der Waals surface area contributed by atoms with Crippen LogP contribution in [0.25, 0.3) is 0 Å². The molecule has 1 aromatic rings. The van der Waals surface area contributed by atoms with E-state index in [-0.39, 0.29) is 24.2 Å². The molecule has 2 atom stereocenters. The molecule has 7 heteroatoms. The summed E-state index contributed by atoms with van der Waals surface area (Å²) in [6.45, 7) is 4.72. The normalized spacial score (nSPS) is 21.7. The fourth-order valence-corrected chi connectivity index (χ4v) is 2.73. The molecule has 110 valence electrons. The summed E-state index contributed by atoms with van der Waals surface area (Å²) in [5.74, 6) is -0.274. The molecule has 0 bridgehead atoms. The lowest BCUT2D eigenvalue weighted by Crippen LogP contribution is -2.31. The first-order valence-corrected chi connectivity index (χ1v) is 7.50. The van der Waals surface area contributed by atoms with Gasteiger partial charge in [0.2, 0.25) is 0 Å². The number of rotatable bonds is 5. The number of nitrogens with zero attached hydrogens (tertiary/aromatic N) is 1. The smallest absolute Gasteiger partial charge is 0.311 e. The molecule has 1 saturated heterocycles. The van der Waals surface area contributed by atoms with Gasteiger partial charge >= 0.3 is 5.97 Å². The number of carbonyl (C=O) groups excluding carboxylic acids is 2. The van der Waals surface area contributed by atoms with Crippen molar-refractivity contribution < 1.29 is 19.1 Å². The number of thiazole rings is 1. The van der Waals surface area contributed by atoms with E-state index in [4.69, 9.17) is 9.47 Å². The van der Waals surface area contributed by atoms with Crippen LogP contribution >= 0.6 is 11.3 Å². The molecule has 6 nitrogen and oxygen atoms in total. The number of nitrogens with one attached hydrogen (secondary N) is 1. The number of hydrogen-bond acceptors (Lipinski definition) is 6. The molecule has 0 radical (unpaired) electrons. The second kappa shape index (κ2) is 6.81. The number of esters is 1. The lowest BCUT2D eigenvalue weighted by molar-refractivity contribution is -0.142. The molecule has 1 N–H and O–H groups in total. The van der Waals surface area contributed by atoms with Gasteiger partial charge < -0.3 is 9.47 Å². The predicted octanol–water partition coefficient (Wildman–Crippen LogP) is 1.61. The highest BCUT2D eigenvalue weighted by Gasteiger charge is 2.31. The van der Waals surface area contributed by atoms with Gasteiger partial charge in [0.1, 0.15) is 6.10 Å². The Labute approximate surface area is 121 Å². The molecular formula is C13H18N2O4S. The fraction of sp³-hybridized carbons (Fsp3) is 0.615. The molecule has 1 fully saturated rings. The van der Waals surface area contributed by atoms with Crippen LogP contribution in [0.2, 0.25) is 0 Å². The van der Waals surface area contributed by atoms with Crippen molar-refractivity contribution in [2.24, 2.45) is 5.92 Å². The predicted molar refractivity (Wildman–Crippen MR) is 74.6 cm³/mol. The standard InChI is InChI=1S/C13H18N2O4S/c1-3-18-10(16)6-9-7-20-13(14-9)15-12(17)11-8(2)4-5-19-11/h7-8,11H,3-6H2,1-2H3,(H,14,15,17). The van der Waals surface area contributed by atoms with Gasteiger partial charge in [-0.05, 0) is 19.3 Å². The van der Waals surface area contributed by atoms with Crippen molar-refractivity contribution in [3.63, 3.8) is 0 Å². The molecule has 0 saturated carbocycles. The minimum atomic E-state index is -0.410. The van der Waals surface area contributed by atoms with Gasteiger partial charge in [-0.2, -0.15) is 0 Å². The maximum atomic E-state index is 12.0. The van der Waals surface area contributed by atoms with Gasteiger partial charge in [0.15, 0.2) is 5.13 Å². The van der Waals surface area contributed by atoms with Crippen LogP contribution in [0.4, 0.5) is 5.13 Å². The molecule has 1 aliphatic rings. The monoisotopic (exact) mass is 298 g/mol. The number of anilines is 1. The summed E-state index contributed by atoms with van der Waals surface area (Å²) < 4.78 is 10.2. The third kappa shape index (κ3) is 3.77. The second-order valence-corrected chi connectivity index (χ2v) is 5.53. The van der Waals surface area contributed by atoms with E-state index in [1.54, 1.807) is 12.3 Å². The lowest BCUT2D eigenvalue weighted by atomic mass is 10.0. The molecule has 0 aromatic carbocycles. The summed E-state index contributed by atoms with van der Waals surface area (Å²) in [5, 5.41) is 4.96. The van der Waals surface area contributed by atoms with Crippen molar-refractivity contribution in [3.05, 3.63) is 11.1 Å². The number of aromatic nitrogens is 1. The van der Waals surface area contributed by atoms with Crippen LogP contribution in [0.1, 0.15) is 26.0 Å². The van der Waals surface area contributed by atoms with Gasteiger partial charge in [-0.25, -0.2) is 4.98 Å². The fourth-order valence-electron chi connectivity index (χ4n) is 2.01. The van der Waals surface area contributed by atoms with Crippen LogP contribution in [0.5, 0.6) is 0 Å². The van der Waals surface area contributed by atoms with Gasteiger partial charge in [0, 0.05) is 12.0 Å². The van der Waals surface area contributed by atoms with E-state index in [0.29, 0.717) is 24.0 Å². The highest BCUT2D eigenvalue weighted by molar-refractivity contribution is 7.13. The van der Waals surface area contributed by atoms with Crippen LogP contribution in [0.15, 0.2) is 5.38 Å². The molecule has 1 aromatic heterocycles. The molecule has 0 spiro atoms. The van der Waals surface area contributed by atoms with Crippen LogP contribution in [-0.2, 0) is 25.5 Å². The molecule has 0 aliphatic carbocycles. The van der Waals surface area contributed by atoms with Crippen molar-refractivity contribution in [3.8, 4) is 0 Å². The van der Waals surface area contributed by atoms with E-state index >= 15 is 0 Å². The first-order valence-electron chi connectivity index (χ1n) is 6.62. The SMILES string of the molecule is CCOC(=O)Cc1csc(NC(=O)C2OCCC2C)n1. The summed E-state index contributed by atoms with van der Waals surface area (Å²) >= 11 is 1.29. The summed E-state index contributed by atoms with van der Waals surface area (Å²) in [5.41, 5.74) is 0.601. The summed E-state index contributed by atoms with van der Waals surface area (Å²) in [7, 11) is 0. The summed E-state index contributed by atoms with van der Waals surface area (Å²) in [4.78, 5) is 27.5. The molecule has 2 heterocycles. The van der Waals surface area contributed by atoms with Crippen LogP contribution in [-0.4, -0.2) is 36.2 Å². The Kier molecular flexibility index (Phi) is 5.08. The Morgan fingerprint density at radius 3 is 3.05 bits per heavy atom. The maximum absolute atomic E-state index is 12.0. The van der Waals surface area contributed by atoms with Crippen LogP contribution in [0.3, 0.4) is 0 Å². The molecule has 2 unspecified atom stereocenters. The minimum absolute atomic E-state index is 0.122. The Morgan fingerprint density at radius 1 is 1.60 bits per heavy atom. The van der Waals surface area contributed by atoms with E-state index in [1.807, 2.05) is 6.92 Å². The van der Waals surface area contributed by atoms with Crippen molar-refractivity contribution in [1.82, 2.24) is 4.98 Å². The van der Waals surface area contributed by atoms with Crippen molar-refractivity contribution in [1.29, 1.82) is 0 Å². The zero-order valence-electron chi connectivity index (χ0n) is 11.5. The topological polar surface area (TPSA) is 77.5 Å². The van der Waals surface area contributed by atoms with E-state index in [9.17, 15) is 9.59 Å². The molecular weight excluding hydrogens is 280 g/mol. The number of carbonyl (C=O) groups is 2. The zero-order valence-corrected chi connectivity index (χ0v) is 12.4. The van der Waals surface area contributed by atoms with Crippen molar-refractivity contribution in [2.75, 3.05) is 18.5 Å². The van der Waals surface area contributed by atoms with Gasteiger partial charge in [0.25, 0.3) is 5.91 Å².